The molecule has 0 fully saturated rings. The molecule has 0 rings (SSSR count). The van der Waals surface area contributed by atoms with Gasteiger partial charge in [0.15, 0.2) is 0 Å². The number of allylic oxidation sites excluding steroid dienone is 2. The number of unbranched alkanes of at least 4 members (excludes halogenated alkanes) is 19. The number of esters is 2. The second-order valence-electron chi connectivity index (χ2n) is 10.9. The van der Waals surface area contributed by atoms with E-state index in [1.807, 2.05) is 0 Å². The average Bonchev–Trinajstić information content (AvgIpc) is 2.91. The molecule has 0 aromatic carbocycles. The monoisotopic (exact) mass is 538 g/mol. The average molecular weight is 539 g/mol. The summed E-state index contributed by atoms with van der Waals surface area (Å²) in [4.78, 5) is 23.5. The Morgan fingerprint density at radius 3 is 1.21 bits per heavy atom. The minimum Gasteiger partial charge on any atom is -0.463 e. The molecule has 0 saturated carbocycles. The van der Waals surface area contributed by atoms with Gasteiger partial charge in [-0.15, -0.1) is 0 Å². The number of carbonyl (C=O) groups excluding carboxylic acids is 2. The highest BCUT2D eigenvalue weighted by Crippen LogP contribution is 2.13. The molecule has 5 nitrogen and oxygen atoms in total. The molecule has 0 radical (unpaired) electrons. The smallest absolute Gasteiger partial charge is 0.305 e. The molecule has 1 atom stereocenters. The number of hydrogen-bond donors (Lipinski definition) is 1. The maximum absolute atomic E-state index is 11.8. The van der Waals surface area contributed by atoms with Crippen molar-refractivity contribution in [1.82, 2.24) is 0 Å². The van der Waals surface area contributed by atoms with Gasteiger partial charge in [0.1, 0.15) is 19.3 Å². The van der Waals surface area contributed by atoms with Crippen molar-refractivity contribution in [3.8, 4) is 0 Å². The predicted octanol–water partition coefficient (Wildman–Crippen LogP) is 9.39. The van der Waals surface area contributed by atoms with Crippen LogP contribution in [0.1, 0.15) is 168 Å². The molecule has 1 N–H and O–H groups in total. The lowest BCUT2D eigenvalue weighted by Gasteiger charge is -2.12. The van der Waals surface area contributed by atoms with Crippen LogP contribution in [0, 0.1) is 0 Å². The third kappa shape index (κ3) is 29.2. The van der Waals surface area contributed by atoms with E-state index in [4.69, 9.17) is 9.47 Å². The van der Waals surface area contributed by atoms with Crippen molar-refractivity contribution >= 4 is 11.9 Å². The SMILES string of the molecule is CCCCCCCC/C=C\CCCCCCCCCCCC(=O)OCC(O)COC(=O)CCCCCCC. The molecule has 5 heteroatoms. The second-order valence-corrected chi connectivity index (χ2v) is 10.9. The maximum atomic E-state index is 11.8. The molecule has 0 aromatic rings. The minimum absolute atomic E-state index is 0.114. The van der Waals surface area contributed by atoms with Crippen LogP contribution >= 0.6 is 0 Å². The highest BCUT2D eigenvalue weighted by molar-refractivity contribution is 5.69. The summed E-state index contributed by atoms with van der Waals surface area (Å²) in [6.07, 6.45) is 31.5. The van der Waals surface area contributed by atoms with Gasteiger partial charge in [0, 0.05) is 12.8 Å². The van der Waals surface area contributed by atoms with Crippen LogP contribution in [-0.2, 0) is 19.1 Å². The van der Waals surface area contributed by atoms with Gasteiger partial charge in [0.2, 0.25) is 0 Å². The van der Waals surface area contributed by atoms with E-state index in [2.05, 4.69) is 26.0 Å². The highest BCUT2D eigenvalue weighted by atomic mass is 16.6. The lowest BCUT2D eigenvalue weighted by atomic mass is 10.1. The maximum Gasteiger partial charge on any atom is 0.305 e. The van der Waals surface area contributed by atoms with Crippen molar-refractivity contribution in [3.05, 3.63) is 12.2 Å². The summed E-state index contributed by atoms with van der Waals surface area (Å²) < 4.78 is 10.2. The van der Waals surface area contributed by atoms with Crippen LogP contribution in [-0.4, -0.2) is 36.4 Å². The van der Waals surface area contributed by atoms with E-state index in [1.165, 1.54) is 103 Å². The van der Waals surface area contributed by atoms with E-state index in [1.54, 1.807) is 0 Å². The molecule has 0 bridgehead atoms. The Balaban J connectivity index is 3.37. The normalized spacial score (nSPS) is 12.2. The Morgan fingerprint density at radius 1 is 0.526 bits per heavy atom. The van der Waals surface area contributed by atoms with Gasteiger partial charge in [-0.2, -0.15) is 0 Å². The third-order valence-corrected chi connectivity index (χ3v) is 7.00. The molecule has 0 amide bonds. The quantitative estimate of drug-likeness (QED) is 0.0583. The molecule has 38 heavy (non-hydrogen) atoms. The van der Waals surface area contributed by atoms with Crippen molar-refractivity contribution in [2.24, 2.45) is 0 Å². The molecule has 0 spiro atoms. The van der Waals surface area contributed by atoms with Gasteiger partial charge in [0.05, 0.1) is 0 Å². The van der Waals surface area contributed by atoms with E-state index < -0.39 is 6.10 Å². The van der Waals surface area contributed by atoms with Gasteiger partial charge in [-0.1, -0.05) is 129 Å². The molecule has 0 aliphatic rings. The first-order chi connectivity index (χ1) is 18.6. The van der Waals surface area contributed by atoms with Crippen molar-refractivity contribution < 1.29 is 24.2 Å². The molecule has 0 aliphatic carbocycles. The van der Waals surface area contributed by atoms with Gasteiger partial charge in [-0.3, -0.25) is 9.59 Å². The van der Waals surface area contributed by atoms with Crippen molar-refractivity contribution in [3.63, 3.8) is 0 Å². The topological polar surface area (TPSA) is 72.8 Å². The van der Waals surface area contributed by atoms with Crippen LogP contribution in [0.15, 0.2) is 12.2 Å². The summed E-state index contributed by atoms with van der Waals surface area (Å²) in [5.74, 6) is -0.578. The Morgan fingerprint density at radius 2 is 0.842 bits per heavy atom. The molecule has 224 valence electrons. The fraction of sp³-hybridized carbons (Fsp3) is 0.879. The zero-order valence-electron chi connectivity index (χ0n) is 25.2. The lowest BCUT2D eigenvalue weighted by Crippen LogP contribution is -2.25. The summed E-state index contributed by atoms with van der Waals surface area (Å²) in [6.45, 7) is 4.20. The van der Waals surface area contributed by atoms with Crippen LogP contribution in [0.5, 0.6) is 0 Å². The number of carbonyl (C=O) groups is 2. The Kier molecular flexibility index (Phi) is 29.1. The Hall–Kier alpha value is -1.36. The second kappa shape index (κ2) is 30.2. The van der Waals surface area contributed by atoms with Crippen molar-refractivity contribution in [2.75, 3.05) is 13.2 Å². The van der Waals surface area contributed by atoms with Crippen LogP contribution in [0.25, 0.3) is 0 Å². The summed E-state index contributed by atoms with van der Waals surface area (Å²) in [6, 6.07) is 0. The zero-order valence-corrected chi connectivity index (χ0v) is 25.2. The van der Waals surface area contributed by atoms with Crippen LogP contribution < -0.4 is 0 Å². The van der Waals surface area contributed by atoms with Gasteiger partial charge in [-0.05, 0) is 38.5 Å². The molecule has 0 aliphatic heterocycles. The third-order valence-electron chi connectivity index (χ3n) is 7.00. The minimum atomic E-state index is -0.955. The van der Waals surface area contributed by atoms with Gasteiger partial charge in [0.25, 0.3) is 0 Å². The molecule has 0 saturated heterocycles. The molecule has 1 unspecified atom stereocenters. The van der Waals surface area contributed by atoms with Crippen LogP contribution in [0.2, 0.25) is 0 Å². The highest BCUT2D eigenvalue weighted by Gasteiger charge is 2.12. The van der Waals surface area contributed by atoms with Crippen LogP contribution in [0.4, 0.5) is 0 Å². The first-order valence-electron chi connectivity index (χ1n) is 16.2. The largest absolute Gasteiger partial charge is 0.463 e. The lowest BCUT2D eigenvalue weighted by molar-refractivity contribution is -0.152. The number of aliphatic hydroxyl groups is 1. The fourth-order valence-electron chi connectivity index (χ4n) is 4.49. The number of hydrogen-bond acceptors (Lipinski definition) is 5. The summed E-state index contributed by atoms with van der Waals surface area (Å²) in [7, 11) is 0. The van der Waals surface area contributed by atoms with E-state index >= 15 is 0 Å². The van der Waals surface area contributed by atoms with Crippen molar-refractivity contribution in [1.29, 1.82) is 0 Å². The molecule has 0 aromatic heterocycles. The first-order valence-corrected chi connectivity index (χ1v) is 16.2. The molecular weight excluding hydrogens is 476 g/mol. The molecule has 0 heterocycles. The van der Waals surface area contributed by atoms with Gasteiger partial charge < -0.3 is 14.6 Å². The van der Waals surface area contributed by atoms with E-state index in [0.717, 1.165) is 38.5 Å². The first kappa shape index (κ1) is 36.6. The van der Waals surface area contributed by atoms with Gasteiger partial charge >= 0.3 is 11.9 Å². The predicted molar refractivity (Wildman–Crippen MR) is 159 cm³/mol. The van der Waals surface area contributed by atoms with E-state index in [0.29, 0.717) is 12.8 Å². The van der Waals surface area contributed by atoms with E-state index in [-0.39, 0.29) is 25.2 Å². The van der Waals surface area contributed by atoms with Crippen molar-refractivity contribution in [2.45, 2.75) is 174 Å². The van der Waals surface area contributed by atoms with E-state index in [9.17, 15) is 14.7 Å². The number of ether oxygens (including phenoxy) is 2. The zero-order chi connectivity index (χ0) is 27.9. The van der Waals surface area contributed by atoms with Crippen LogP contribution in [0.3, 0.4) is 0 Å². The Bertz CT molecular complexity index is 546. The number of rotatable bonds is 29. The summed E-state index contributed by atoms with van der Waals surface area (Å²) >= 11 is 0. The van der Waals surface area contributed by atoms with Gasteiger partial charge in [-0.25, -0.2) is 0 Å². The summed E-state index contributed by atoms with van der Waals surface area (Å²) in [5.41, 5.74) is 0. The number of aliphatic hydroxyl groups excluding tert-OH is 1. The molecular formula is C33H62O5. The fourth-order valence-corrected chi connectivity index (χ4v) is 4.49. The summed E-state index contributed by atoms with van der Waals surface area (Å²) in [5, 5.41) is 9.87. The standard InChI is InChI=1S/C33H62O5/c1-3-5-7-9-10-11-12-13-14-15-16-17-18-19-20-21-22-24-26-28-33(36)38-30-31(34)29-37-32(35)27-25-23-8-6-4-2/h13-14,31,34H,3-12,15-30H2,1-2H3/b14-13-. The Labute approximate surface area is 235 Å².